The molecule has 1 aromatic heterocycles. The molecule has 3 aromatic rings. The van der Waals surface area contributed by atoms with Crippen LogP contribution in [0.4, 0.5) is 0 Å². The van der Waals surface area contributed by atoms with E-state index in [9.17, 15) is 4.79 Å². The molecule has 0 unspecified atom stereocenters. The Kier molecular flexibility index (Phi) is 5.27. The van der Waals surface area contributed by atoms with Gasteiger partial charge in [0.2, 0.25) is 5.91 Å². The molecule has 1 atom stereocenters. The minimum Gasteiger partial charge on any atom is -0.497 e. The highest BCUT2D eigenvalue weighted by atomic mass is 16.5. The molecule has 0 aliphatic carbocycles. The molecule has 0 aliphatic heterocycles. The van der Waals surface area contributed by atoms with Gasteiger partial charge in [0.1, 0.15) is 22.8 Å². The van der Waals surface area contributed by atoms with Crippen LogP contribution in [0.5, 0.6) is 11.5 Å². The lowest BCUT2D eigenvalue weighted by molar-refractivity contribution is -0.117. The van der Waals surface area contributed by atoms with Crippen molar-refractivity contribution in [2.45, 2.75) is 13.0 Å². The van der Waals surface area contributed by atoms with Crippen LogP contribution >= 0.6 is 0 Å². The van der Waals surface area contributed by atoms with Gasteiger partial charge < -0.3 is 19.2 Å². The number of amides is 1. The highest BCUT2D eigenvalue weighted by molar-refractivity contribution is 5.92. The van der Waals surface area contributed by atoms with Crippen LogP contribution in [0.15, 0.2) is 59.0 Å². The summed E-state index contributed by atoms with van der Waals surface area (Å²) >= 11 is 0. The number of rotatable bonds is 6. The molecule has 134 valence electrons. The smallest absolute Gasteiger partial charge is 0.244 e. The molecule has 0 saturated heterocycles. The van der Waals surface area contributed by atoms with E-state index in [1.165, 1.54) is 6.08 Å². The fourth-order valence-corrected chi connectivity index (χ4v) is 2.67. The van der Waals surface area contributed by atoms with Crippen molar-refractivity contribution in [3.63, 3.8) is 0 Å². The molecule has 0 fully saturated rings. The number of carbonyl (C=O) groups excluding carboxylic acids is 1. The second kappa shape index (κ2) is 7.78. The standard InChI is InChI=1S/C21H21NO4/c1-14(19-12-16-6-4-5-7-18(16)26-19)22-21(23)11-9-15-8-10-17(24-2)13-20(15)25-3/h4-14H,1-3H3,(H,22,23)/b11-9+/t14-/m0/s1. The average Bonchev–Trinajstić information content (AvgIpc) is 3.10. The zero-order valence-corrected chi connectivity index (χ0v) is 15.0. The van der Waals surface area contributed by atoms with Gasteiger partial charge in [-0.2, -0.15) is 0 Å². The summed E-state index contributed by atoms with van der Waals surface area (Å²) in [7, 11) is 3.17. The molecule has 1 N–H and O–H groups in total. The molecule has 26 heavy (non-hydrogen) atoms. The van der Waals surface area contributed by atoms with Gasteiger partial charge in [-0.25, -0.2) is 0 Å². The number of hydrogen-bond donors (Lipinski definition) is 1. The van der Waals surface area contributed by atoms with Crippen LogP contribution in [-0.2, 0) is 4.79 Å². The number of benzene rings is 2. The highest BCUT2D eigenvalue weighted by Gasteiger charge is 2.13. The lowest BCUT2D eigenvalue weighted by Gasteiger charge is -2.10. The summed E-state index contributed by atoms with van der Waals surface area (Å²) in [5, 5.41) is 3.92. The van der Waals surface area contributed by atoms with E-state index < -0.39 is 0 Å². The third-order valence-corrected chi connectivity index (χ3v) is 4.09. The van der Waals surface area contributed by atoms with Crippen LogP contribution in [0, 0.1) is 0 Å². The first kappa shape index (κ1) is 17.6. The van der Waals surface area contributed by atoms with E-state index in [-0.39, 0.29) is 11.9 Å². The molecule has 5 nitrogen and oxygen atoms in total. The summed E-state index contributed by atoms with van der Waals surface area (Å²) in [6.45, 7) is 1.89. The largest absolute Gasteiger partial charge is 0.497 e. The quantitative estimate of drug-likeness (QED) is 0.671. The molecular weight excluding hydrogens is 330 g/mol. The monoisotopic (exact) mass is 351 g/mol. The van der Waals surface area contributed by atoms with Gasteiger partial charge in [-0.15, -0.1) is 0 Å². The Hall–Kier alpha value is -3.21. The number of furan rings is 1. The fraction of sp³-hybridized carbons (Fsp3) is 0.190. The molecule has 5 heteroatoms. The predicted octanol–water partition coefficient (Wildman–Crippen LogP) is 4.34. The molecule has 1 heterocycles. The van der Waals surface area contributed by atoms with Crippen LogP contribution in [0.3, 0.4) is 0 Å². The van der Waals surface area contributed by atoms with Crippen molar-refractivity contribution in [1.82, 2.24) is 5.32 Å². The van der Waals surface area contributed by atoms with Crippen LogP contribution in [0.1, 0.15) is 24.3 Å². The van der Waals surface area contributed by atoms with Gasteiger partial charge in [0, 0.05) is 23.1 Å². The van der Waals surface area contributed by atoms with Crippen molar-refractivity contribution < 1.29 is 18.7 Å². The molecule has 0 saturated carbocycles. The number of fused-ring (bicyclic) bond motifs is 1. The van der Waals surface area contributed by atoms with E-state index in [0.29, 0.717) is 11.5 Å². The average molecular weight is 351 g/mol. The van der Waals surface area contributed by atoms with Gasteiger partial charge in [0.25, 0.3) is 0 Å². The lowest BCUT2D eigenvalue weighted by Crippen LogP contribution is -2.24. The second-order valence-corrected chi connectivity index (χ2v) is 5.86. The third-order valence-electron chi connectivity index (χ3n) is 4.09. The van der Waals surface area contributed by atoms with Gasteiger partial charge in [0.05, 0.1) is 20.3 Å². The summed E-state index contributed by atoms with van der Waals surface area (Å²) in [6.07, 6.45) is 3.18. The van der Waals surface area contributed by atoms with Crippen molar-refractivity contribution in [3.05, 3.63) is 65.9 Å². The number of carbonyl (C=O) groups is 1. The molecule has 2 aromatic carbocycles. The Morgan fingerprint density at radius 2 is 1.92 bits per heavy atom. The van der Waals surface area contributed by atoms with E-state index in [1.54, 1.807) is 26.4 Å². The number of hydrogen-bond acceptors (Lipinski definition) is 4. The van der Waals surface area contributed by atoms with Crippen LogP contribution in [0.2, 0.25) is 0 Å². The van der Waals surface area contributed by atoms with Gasteiger partial charge in [-0.1, -0.05) is 18.2 Å². The molecule has 0 spiro atoms. The van der Waals surface area contributed by atoms with Gasteiger partial charge in [-0.05, 0) is 37.3 Å². The SMILES string of the molecule is COc1ccc(/C=C/C(=O)N[C@@H](C)c2cc3ccccc3o2)c(OC)c1. The summed E-state index contributed by atoms with van der Waals surface area (Å²) in [4.78, 5) is 12.2. The zero-order chi connectivity index (χ0) is 18.5. The molecular formula is C21H21NO4. The molecule has 1 amide bonds. The van der Waals surface area contributed by atoms with Gasteiger partial charge in [-0.3, -0.25) is 4.79 Å². The molecule has 3 rings (SSSR count). The number of para-hydroxylation sites is 1. The normalized spacial score (nSPS) is 12.3. The topological polar surface area (TPSA) is 60.7 Å². The second-order valence-electron chi connectivity index (χ2n) is 5.86. The Labute approximate surface area is 152 Å². The van der Waals surface area contributed by atoms with Crippen molar-refractivity contribution in [1.29, 1.82) is 0 Å². The first-order chi connectivity index (χ1) is 12.6. The number of nitrogens with one attached hydrogen (secondary N) is 1. The number of ether oxygens (including phenoxy) is 2. The molecule has 0 radical (unpaired) electrons. The fourth-order valence-electron chi connectivity index (χ4n) is 2.67. The lowest BCUT2D eigenvalue weighted by atomic mass is 10.1. The maximum atomic E-state index is 12.2. The van der Waals surface area contributed by atoms with Crippen molar-refractivity contribution >= 4 is 23.0 Å². The summed E-state index contributed by atoms with van der Waals surface area (Å²) in [6, 6.07) is 14.9. The Morgan fingerprint density at radius 3 is 2.65 bits per heavy atom. The summed E-state index contributed by atoms with van der Waals surface area (Å²) in [5.74, 6) is 1.84. The van der Waals surface area contributed by atoms with Crippen LogP contribution < -0.4 is 14.8 Å². The van der Waals surface area contributed by atoms with E-state index in [0.717, 1.165) is 22.3 Å². The van der Waals surface area contributed by atoms with E-state index >= 15 is 0 Å². The molecule has 0 aliphatic rings. The van der Waals surface area contributed by atoms with Crippen LogP contribution in [0.25, 0.3) is 17.0 Å². The van der Waals surface area contributed by atoms with Gasteiger partial charge >= 0.3 is 0 Å². The van der Waals surface area contributed by atoms with Crippen LogP contribution in [-0.4, -0.2) is 20.1 Å². The van der Waals surface area contributed by atoms with E-state index in [4.69, 9.17) is 13.9 Å². The Bertz CT molecular complexity index is 909. The van der Waals surface area contributed by atoms with Crippen molar-refractivity contribution in [3.8, 4) is 11.5 Å². The number of methoxy groups -OCH3 is 2. The van der Waals surface area contributed by atoms with Crippen molar-refractivity contribution in [2.24, 2.45) is 0 Å². The van der Waals surface area contributed by atoms with E-state index in [1.807, 2.05) is 49.4 Å². The Balaban J connectivity index is 1.69. The maximum absolute atomic E-state index is 12.2. The zero-order valence-electron chi connectivity index (χ0n) is 15.0. The highest BCUT2D eigenvalue weighted by Crippen LogP contribution is 2.26. The van der Waals surface area contributed by atoms with Crippen molar-refractivity contribution in [2.75, 3.05) is 14.2 Å². The minimum atomic E-state index is -0.239. The minimum absolute atomic E-state index is 0.212. The van der Waals surface area contributed by atoms with E-state index in [2.05, 4.69) is 5.32 Å². The van der Waals surface area contributed by atoms with Gasteiger partial charge in [0.15, 0.2) is 0 Å². The Morgan fingerprint density at radius 1 is 1.12 bits per heavy atom. The predicted molar refractivity (Wildman–Crippen MR) is 101 cm³/mol. The maximum Gasteiger partial charge on any atom is 0.244 e. The first-order valence-electron chi connectivity index (χ1n) is 8.30. The summed E-state index contributed by atoms with van der Waals surface area (Å²) < 4.78 is 16.3. The summed E-state index contributed by atoms with van der Waals surface area (Å²) in [5.41, 5.74) is 1.60. The third kappa shape index (κ3) is 3.88. The molecule has 0 bridgehead atoms. The first-order valence-corrected chi connectivity index (χ1v) is 8.30.